The lowest BCUT2D eigenvalue weighted by atomic mass is 10.1. The summed E-state index contributed by atoms with van der Waals surface area (Å²) in [6, 6.07) is 16.9. The highest BCUT2D eigenvalue weighted by Crippen LogP contribution is 2.16. The number of nitrogens with one attached hydrogen (secondary N) is 2. The maximum Gasteiger partial charge on any atom is 0.251 e. The zero-order valence-corrected chi connectivity index (χ0v) is 15.2. The first-order valence-corrected chi connectivity index (χ1v) is 8.73. The Hall–Kier alpha value is -2.14. The molecule has 24 heavy (non-hydrogen) atoms. The van der Waals surface area contributed by atoms with Gasteiger partial charge in [-0.1, -0.05) is 46.3 Å². The standard InChI is InChI=1S/C19H21BrN2O2/c1-14(15-9-11-17(20)12-10-15)22-18(23)8-5-13-21-19(24)16-6-3-2-4-7-16/h2-4,6-7,9-12,14H,5,8,13H2,1H3,(H,21,24)(H,22,23). The van der Waals surface area contributed by atoms with Crippen molar-refractivity contribution in [3.05, 3.63) is 70.2 Å². The van der Waals surface area contributed by atoms with Gasteiger partial charge in [0.1, 0.15) is 0 Å². The summed E-state index contributed by atoms with van der Waals surface area (Å²) in [7, 11) is 0. The molecule has 0 spiro atoms. The number of carbonyl (C=O) groups excluding carboxylic acids is 2. The van der Waals surface area contributed by atoms with Crippen molar-refractivity contribution < 1.29 is 9.59 Å². The minimum absolute atomic E-state index is 0.0145. The highest BCUT2D eigenvalue weighted by molar-refractivity contribution is 9.10. The molecule has 126 valence electrons. The van der Waals surface area contributed by atoms with Crippen molar-refractivity contribution in [1.29, 1.82) is 0 Å². The van der Waals surface area contributed by atoms with Crippen LogP contribution in [0.3, 0.4) is 0 Å². The predicted octanol–water partition coefficient (Wildman–Crippen LogP) is 3.84. The molecule has 0 aliphatic carbocycles. The summed E-state index contributed by atoms with van der Waals surface area (Å²) in [6.07, 6.45) is 0.993. The van der Waals surface area contributed by atoms with Crippen LogP contribution in [0.2, 0.25) is 0 Å². The van der Waals surface area contributed by atoms with Crippen LogP contribution in [0.15, 0.2) is 59.1 Å². The molecule has 0 fully saturated rings. The van der Waals surface area contributed by atoms with Crippen LogP contribution in [-0.2, 0) is 4.79 Å². The molecule has 0 radical (unpaired) electrons. The lowest BCUT2D eigenvalue weighted by Crippen LogP contribution is -2.29. The first-order chi connectivity index (χ1) is 11.6. The zero-order chi connectivity index (χ0) is 17.4. The quantitative estimate of drug-likeness (QED) is 0.707. The van der Waals surface area contributed by atoms with E-state index in [1.54, 1.807) is 12.1 Å². The molecule has 0 heterocycles. The molecule has 5 heteroatoms. The van der Waals surface area contributed by atoms with Crippen molar-refractivity contribution in [3.8, 4) is 0 Å². The summed E-state index contributed by atoms with van der Waals surface area (Å²) in [6.45, 7) is 2.44. The smallest absolute Gasteiger partial charge is 0.251 e. The minimum Gasteiger partial charge on any atom is -0.352 e. The molecule has 2 amide bonds. The third-order valence-electron chi connectivity index (χ3n) is 3.65. The summed E-state index contributed by atoms with van der Waals surface area (Å²) in [4.78, 5) is 23.8. The van der Waals surface area contributed by atoms with E-state index in [-0.39, 0.29) is 17.9 Å². The summed E-state index contributed by atoms with van der Waals surface area (Å²) >= 11 is 3.39. The van der Waals surface area contributed by atoms with Crippen molar-refractivity contribution >= 4 is 27.7 Å². The maximum absolute atomic E-state index is 12.0. The van der Waals surface area contributed by atoms with Crippen LogP contribution in [0.4, 0.5) is 0 Å². The molecule has 0 saturated carbocycles. The van der Waals surface area contributed by atoms with Gasteiger partial charge in [0.05, 0.1) is 6.04 Å². The molecule has 2 rings (SSSR count). The van der Waals surface area contributed by atoms with Gasteiger partial charge in [-0.15, -0.1) is 0 Å². The molecule has 2 aromatic carbocycles. The number of benzene rings is 2. The van der Waals surface area contributed by atoms with E-state index >= 15 is 0 Å². The van der Waals surface area contributed by atoms with Crippen LogP contribution in [-0.4, -0.2) is 18.4 Å². The van der Waals surface area contributed by atoms with Gasteiger partial charge >= 0.3 is 0 Å². The van der Waals surface area contributed by atoms with Gasteiger partial charge in [0.2, 0.25) is 5.91 Å². The highest BCUT2D eigenvalue weighted by atomic mass is 79.9. The van der Waals surface area contributed by atoms with E-state index in [0.717, 1.165) is 10.0 Å². The van der Waals surface area contributed by atoms with Gasteiger partial charge in [0.15, 0.2) is 0 Å². The molecule has 2 aromatic rings. The average molecular weight is 389 g/mol. The van der Waals surface area contributed by atoms with Crippen LogP contribution >= 0.6 is 15.9 Å². The van der Waals surface area contributed by atoms with Gasteiger partial charge in [-0.25, -0.2) is 0 Å². The minimum atomic E-state index is -0.112. The second-order valence-electron chi connectivity index (χ2n) is 5.57. The molecular formula is C19H21BrN2O2. The van der Waals surface area contributed by atoms with Crippen molar-refractivity contribution in [2.75, 3.05) is 6.54 Å². The Kier molecular flexibility index (Phi) is 7.00. The van der Waals surface area contributed by atoms with E-state index in [1.807, 2.05) is 49.4 Å². The van der Waals surface area contributed by atoms with E-state index in [9.17, 15) is 9.59 Å². The Morgan fingerprint density at radius 3 is 2.38 bits per heavy atom. The molecular weight excluding hydrogens is 368 g/mol. The van der Waals surface area contributed by atoms with Crippen LogP contribution in [0.1, 0.15) is 41.7 Å². The monoisotopic (exact) mass is 388 g/mol. The Morgan fingerprint density at radius 1 is 1.04 bits per heavy atom. The van der Waals surface area contributed by atoms with Gasteiger partial charge in [0.25, 0.3) is 5.91 Å². The second-order valence-corrected chi connectivity index (χ2v) is 6.48. The third-order valence-corrected chi connectivity index (χ3v) is 4.18. The Balaban J connectivity index is 1.68. The number of amides is 2. The largest absolute Gasteiger partial charge is 0.352 e. The Bertz CT molecular complexity index is 672. The molecule has 1 unspecified atom stereocenters. The lowest BCUT2D eigenvalue weighted by Gasteiger charge is -2.14. The number of hydrogen-bond acceptors (Lipinski definition) is 2. The van der Waals surface area contributed by atoms with Crippen LogP contribution < -0.4 is 10.6 Å². The molecule has 4 nitrogen and oxygen atoms in total. The van der Waals surface area contributed by atoms with Crippen LogP contribution in [0, 0.1) is 0 Å². The predicted molar refractivity (Wildman–Crippen MR) is 98.7 cm³/mol. The van der Waals surface area contributed by atoms with Crippen LogP contribution in [0.5, 0.6) is 0 Å². The topological polar surface area (TPSA) is 58.2 Å². The first kappa shape index (κ1) is 18.2. The van der Waals surface area contributed by atoms with Gasteiger partial charge in [-0.3, -0.25) is 9.59 Å². The van der Waals surface area contributed by atoms with Crippen molar-refractivity contribution in [2.45, 2.75) is 25.8 Å². The number of carbonyl (C=O) groups is 2. The fraction of sp³-hybridized carbons (Fsp3) is 0.263. The zero-order valence-electron chi connectivity index (χ0n) is 13.6. The van der Waals surface area contributed by atoms with E-state index in [0.29, 0.717) is 24.9 Å². The van der Waals surface area contributed by atoms with Gasteiger partial charge < -0.3 is 10.6 Å². The summed E-state index contributed by atoms with van der Waals surface area (Å²) in [5.41, 5.74) is 1.69. The van der Waals surface area contributed by atoms with Crippen molar-refractivity contribution in [2.24, 2.45) is 0 Å². The van der Waals surface area contributed by atoms with E-state index in [4.69, 9.17) is 0 Å². The first-order valence-electron chi connectivity index (χ1n) is 7.94. The van der Waals surface area contributed by atoms with Crippen molar-refractivity contribution in [3.63, 3.8) is 0 Å². The highest BCUT2D eigenvalue weighted by Gasteiger charge is 2.09. The van der Waals surface area contributed by atoms with Crippen LogP contribution in [0.25, 0.3) is 0 Å². The van der Waals surface area contributed by atoms with E-state index in [2.05, 4.69) is 26.6 Å². The molecule has 2 N–H and O–H groups in total. The third kappa shape index (κ3) is 5.81. The van der Waals surface area contributed by atoms with E-state index in [1.165, 1.54) is 0 Å². The fourth-order valence-corrected chi connectivity index (χ4v) is 2.56. The number of rotatable bonds is 7. The Labute approximate surface area is 150 Å². The molecule has 0 aliphatic rings. The Morgan fingerprint density at radius 2 is 1.71 bits per heavy atom. The average Bonchev–Trinajstić information content (AvgIpc) is 2.59. The summed E-state index contributed by atoms with van der Waals surface area (Å²) < 4.78 is 1.01. The lowest BCUT2D eigenvalue weighted by molar-refractivity contribution is -0.121. The van der Waals surface area contributed by atoms with Gasteiger partial charge in [-0.05, 0) is 43.2 Å². The normalized spacial score (nSPS) is 11.6. The second kappa shape index (κ2) is 9.23. The molecule has 0 saturated heterocycles. The number of halogens is 1. The molecule has 0 aliphatic heterocycles. The van der Waals surface area contributed by atoms with Gasteiger partial charge in [-0.2, -0.15) is 0 Å². The number of hydrogen-bond donors (Lipinski definition) is 2. The molecule has 0 aromatic heterocycles. The molecule has 0 bridgehead atoms. The fourth-order valence-electron chi connectivity index (χ4n) is 2.29. The SMILES string of the molecule is CC(NC(=O)CCCNC(=O)c1ccccc1)c1ccc(Br)cc1. The maximum atomic E-state index is 12.0. The van der Waals surface area contributed by atoms with Crippen molar-refractivity contribution in [1.82, 2.24) is 10.6 Å². The van der Waals surface area contributed by atoms with E-state index < -0.39 is 0 Å². The summed E-state index contributed by atoms with van der Waals surface area (Å²) in [5.74, 6) is -0.126. The molecule has 1 atom stereocenters. The summed E-state index contributed by atoms with van der Waals surface area (Å²) in [5, 5.41) is 5.79. The van der Waals surface area contributed by atoms with Gasteiger partial charge in [0, 0.05) is 23.0 Å².